The van der Waals surface area contributed by atoms with Gasteiger partial charge < -0.3 is 4.74 Å². The van der Waals surface area contributed by atoms with Crippen LogP contribution in [-0.2, 0) is 10.2 Å². The van der Waals surface area contributed by atoms with Crippen LogP contribution >= 0.6 is 0 Å². The molecule has 1 unspecified atom stereocenters. The van der Waals surface area contributed by atoms with Crippen LogP contribution in [0.1, 0.15) is 24.5 Å². The van der Waals surface area contributed by atoms with E-state index in [0.29, 0.717) is 13.1 Å². The molecule has 0 N–H and O–H groups in total. The zero-order chi connectivity index (χ0) is 18.7. The molecule has 1 atom stereocenters. The molecule has 1 saturated heterocycles. The maximum Gasteiger partial charge on any atom is 0.281 e. The van der Waals surface area contributed by atoms with Gasteiger partial charge in [-0.2, -0.15) is 17.0 Å². The fourth-order valence-corrected chi connectivity index (χ4v) is 4.50. The molecule has 3 rings (SSSR count). The number of ether oxygens (including phenoxy) is 1. The highest BCUT2D eigenvalue weighted by molar-refractivity contribution is 7.86. The highest BCUT2D eigenvalue weighted by Gasteiger charge is 2.31. The van der Waals surface area contributed by atoms with Gasteiger partial charge >= 0.3 is 0 Å². The summed E-state index contributed by atoms with van der Waals surface area (Å²) in [4.78, 5) is 4.82. The summed E-state index contributed by atoms with van der Waals surface area (Å²) in [6.07, 6.45) is 1.76. The lowest BCUT2D eigenvalue weighted by Gasteiger charge is -2.33. The molecule has 0 radical (unpaired) electrons. The number of pyridine rings is 1. The largest absolute Gasteiger partial charge is 0.496 e. The molecule has 2 aromatic rings. The number of rotatable bonds is 5. The lowest BCUT2D eigenvalue weighted by atomic mass is 9.95. The average Bonchev–Trinajstić information content (AvgIpc) is 2.68. The van der Waals surface area contributed by atoms with Crippen molar-refractivity contribution in [3.05, 3.63) is 48.2 Å². The second-order valence-corrected chi connectivity index (χ2v) is 8.78. The van der Waals surface area contributed by atoms with Crippen molar-refractivity contribution in [1.29, 1.82) is 0 Å². The summed E-state index contributed by atoms with van der Waals surface area (Å²) < 4.78 is 33.2. The third-order valence-electron chi connectivity index (χ3n) is 4.74. The molecule has 7 heteroatoms. The maximum absolute atomic E-state index is 12.4. The summed E-state index contributed by atoms with van der Waals surface area (Å²) in [6.45, 7) is 1.02. The van der Waals surface area contributed by atoms with Crippen molar-refractivity contribution in [3.8, 4) is 17.0 Å². The molecule has 26 heavy (non-hydrogen) atoms. The predicted molar refractivity (Wildman–Crippen MR) is 102 cm³/mol. The zero-order valence-corrected chi connectivity index (χ0v) is 16.2. The Labute approximate surface area is 155 Å². The number of aromatic nitrogens is 1. The Hall–Kier alpha value is -1.96. The van der Waals surface area contributed by atoms with Crippen molar-refractivity contribution in [2.24, 2.45) is 0 Å². The SMILES string of the molecule is COc1ccccc1-c1cccc(C2CCCN(S(=O)(=O)N(C)C)C2)n1. The Morgan fingerprint density at radius 2 is 1.92 bits per heavy atom. The molecule has 1 fully saturated rings. The van der Waals surface area contributed by atoms with E-state index >= 15 is 0 Å². The van der Waals surface area contributed by atoms with Gasteiger partial charge in [0.15, 0.2) is 0 Å². The average molecular weight is 375 g/mol. The van der Waals surface area contributed by atoms with Crippen LogP contribution in [0.2, 0.25) is 0 Å². The van der Waals surface area contributed by atoms with Crippen molar-refractivity contribution in [2.75, 3.05) is 34.3 Å². The van der Waals surface area contributed by atoms with Crippen molar-refractivity contribution >= 4 is 10.2 Å². The van der Waals surface area contributed by atoms with E-state index in [1.54, 1.807) is 25.5 Å². The van der Waals surface area contributed by atoms with E-state index in [0.717, 1.165) is 35.5 Å². The van der Waals surface area contributed by atoms with Gasteiger partial charge in [-0.3, -0.25) is 4.98 Å². The first-order valence-corrected chi connectivity index (χ1v) is 10.1. The van der Waals surface area contributed by atoms with Crippen molar-refractivity contribution in [1.82, 2.24) is 13.6 Å². The molecule has 6 nitrogen and oxygen atoms in total. The van der Waals surface area contributed by atoms with E-state index in [1.165, 1.54) is 4.31 Å². The molecule has 1 aromatic heterocycles. The summed E-state index contributed by atoms with van der Waals surface area (Å²) in [7, 11) is 1.39. The second kappa shape index (κ2) is 7.73. The Morgan fingerprint density at radius 3 is 2.65 bits per heavy atom. The smallest absolute Gasteiger partial charge is 0.281 e. The Balaban J connectivity index is 1.88. The fraction of sp³-hybridized carbons (Fsp3) is 0.421. The molecule has 1 aliphatic rings. The molecule has 1 aromatic carbocycles. The normalized spacial score (nSPS) is 18.8. The standard InChI is InChI=1S/C19H25N3O3S/c1-21(2)26(23,24)22-13-7-8-15(14-22)17-10-6-11-18(20-17)16-9-4-5-12-19(16)25-3/h4-6,9-12,15H,7-8,13-14H2,1-3H3. The van der Waals surface area contributed by atoms with Gasteiger partial charge in [-0.25, -0.2) is 0 Å². The summed E-state index contributed by atoms with van der Waals surface area (Å²) in [5.74, 6) is 0.866. The number of para-hydroxylation sites is 1. The van der Waals surface area contributed by atoms with Gasteiger partial charge in [-0.05, 0) is 37.1 Å². The molecule has 2 heterocycles. The van der Waals surface area contributed by atoms with Gasteiger partial charge in [0.1, 0.15) is 5.75 Å². The van der Waals surface area contributed by atoms with Crippen molar-refractivity contribution < 1.29 is 13.2 Å². The van der Waals surface area contributed by atoms with E-state index in [-0.39, 0.29) is 5.92 Å². The third kappa shape index (κ3) is 3.75. The summed E-state index contributed by atoms with van der Waals surface area (Å²) in [6, 6.07) is 13.7. The minimum absolute atomic E-state index is 0.0909. The molecule has 0 bridgehead atoms. The van der Waals surface area contributed by atoms with E-state index in [2.05, 4.69) is 0 Å². The van der Waals surface area contributed by atoms with Gasteiger partial charge in [0.05, 0.1) is 12.8 Å². The summed E-state index contributed by atoms with van der Waals surface area (Å²) >= 11 is 0. The maximum atomic E-state index is 12.4. The van der Waals surface area contributed by atoms with Crippen molar-refractivity contribution in [2.45, 2.75) is 18.8 Å². The highest BCUT2D eigenvalue weighted by atomic mass is 32.2. The molecular formula is C19H25N3O3S. The first-order valence-electron chi connectivity index (χ1n) is 8.71. The number of piperidine rings is 1. The van der Waals surface area contributed by atoms with Gasteiger partial charge in [0.25, 0.3) is 10.2 Å². The van der Waals surface area contributed by atoms with Gasteiger partial charge in [0.2, 0.25) is 0 Å². The molecule has 140 valence electrons. The van der Waals surface area contributed by atoms with Gasteiger partial charge in [-0.15, -0.1) is 0 Å². The Kier molecular flexibility index (Phi) is 5.60. The quantitative estimate of drug-likeness (QED) is 0.806. The topological polar surface area (TPSA) is 62.7 Å². The Bertz CT molecular complexity index is 868. The van der Waals surface area contributed by atoms with Crippen LogP contribution in [0, 0.1) is 0 Å². The summed E-state index contributed by atoms with van der Waals surface area (Å²) in [5.41, 5.74) is 2.70. The molecule has 0 spiro atoms. The zero-order valence-electron chi connectivity index (χ0n) is 15.4. The molecule has 0 aliphatic carbocycles. The van der Waals surface area contributed by atoms with Crippen LogP contribution in [0.25, 0.3) is 11.3 Å². The van der Waals surface area contributed by atoms with Crippen molar-refractivity contribution in [3.63, 3.8) is 0 Å². The predicted octanol–water partition coefficient (Wildman–Crippen LogP) is 2.74. The number of hydrogen-bond donors (Lipinski definition) is 0. The van der Waals surface area contributed by atoms with Gasteiger partial charge in [0, 0.05) is 44.4 Å². The Morgan fingerprint density at radius 1 is 1.15 bits per heavy atom. The van der Waals surface area contributed by atoms with Crippen LogP contribution < -0.4 is 4.74 Å². The van der Waals surface area contributed by atoms with Gasteiger partial charge in [-0.1, -0.05) is 18.2 Å². The monoisotopic (exact) mass is 375 g/mol. The molecular weight excluding hydrogens is 350 g/mol. The molecule has 0 amide bonds. The van der Waals surface area contributed by atoms with Crippen LogP contribution in [-0.4, -0.2) is 56.3 Å². The fourth-order valence-electron chi connectivity index (χ4n) is 3.31. The van der Waals surface area contributed by atoms with Crippen LogP contribution in [0.4, 0.5) is 0 Å². The molecule has 0 saturated carbocycles. The molecule has 1 aliphatic heterocycles. The van der Waals surface area contributed by atoms with Crippen LogP contribution in [0.3, 0.4) is 0 Å². The first kappa shape index (κ1) is 18.8. The van der Waals surface area contributed by atoms with Crippen LogP contribution in [0.5, 0.6) is 5.75 Å². The van der Waals surface area contributed by atoms with Crippen LogP contribution in [0.15, 0.2) is 42.5 Å². The summed E-state index contributed by atoms with van der Waals surface area (Å²) in [5, 5.41) is 0. The minimum atomic E-state index is -3.39. The van der Waals surface area contributed by atoms with E-state index in [9.17, 15) is 8.42 Å². The van der Waals surface area contributed by atoms with E-state index in [4.69, 9.17) is 9.72 Å². The third-order valence-corrected chi connectivity index (χ3v) is 6.65. The minimum Gasteiger partial charge on any atom is -0.496 e. The second-order valence-electron chi connectivity index (χ2n) is 6.64. The lowest BCUT2D eigenvalue weighted by Crippen LogP contribution is -2.45. The number of hydrogen-bond acceptors (Lipinski definition) is 4. The lowest BCUT2D eigenvalue weighted by molar-refractivity contribution is 0.296. The van der Waals surface area contributed by atoms with E-state index in [1.807, 2.05) is 42.5 Å². The first-order chi connectivity index (χ1) is 12.4. The van der Waals surface area contributed by atoms with E-state index < -0.39 is 10.2 Å². The highest BCUT2D eigenvalue weighted by Crippen LogP contribution is 2.32. The number of methoxy groups -OCH3 is 1. The number of nitrogens with zero attached hydrogens (tertiary/aromatic N) is 3. The number of benzene rings is 1.